The molecule has 2 aromatic heterocycles. The van der Waals surface area contributed by atoms with Gasteiger partial charge in [-0.15, -0.1) is 0 Å². The van der Waals surface area contributed by atoms with Crippen LogP contribution in [0, 0.1) is 0 Å². The molecule has 3 rings (SSSR count). The minimum Gasteiger partial charge on any atom is -0.438 e. The van der Waals surface area contributed by atoms with Gasteiger partial charge >= 0.3 is 0 Å². The van der Waals surface area contributed by atoms with Gasteiger partial charge < -0.3 is 10.2 Å². The Hall–Kier alpha value is -2.36. The van der Waals surface area contributed by atoms with E-state index in [9.17, 15) is 0 Å². The summed E-state index contributed by atoms with van der Waals surface area (Å²) in [4.78, 5) is 7.95. The van der Waals surface area contributed by atoms with Crippen LogP contribution in [0.5, 0.6) is 0 Å². The fourth-order valence-electron chi connectivity index (χ4n) is 1.62. The molecule has 0 atom stereocenters. The van der Waals surface area contributed by atoms with Crippen LogP contribution in [-0.4, -0.2) is 9.97 Å². The molecule has 4 nitrogen and oxygen atoms in total. The van der Waals surface area contributed by atoms with Crippen LogP contribution in [0.3, 0.4) is 0 Å². The number of hydrogen-bond acceptors (Lipinski definition) is 4. The fourth-order valence-corrected chi connectivity index (χ4v) is 1.62. The molecule has 0 radical (unpaired) electrons. The molecule has 0 amide bonds. The van der Waals surface area contributed by atoms with E-state index in [0.29, 0.717) is 11.5 Å². The Bertz CT molecular complexity index is 632. The molecule has 0 saturated carbocycles. The van der Waals surface area contributed by atoms with Crippen LogP contribution in [0.1, 0.15) is 13.8 Å². The smallest absolute Gasteiger partial charge is 0.231 e. The first-order chi connectivity index (χ1) is 8.84. The van der Waals surface area contributed by atoms with Gasteiger partial charge in [0.25, 0.3) is 0 Å². The third kappa shape index (κ3) is 2.18. The molecule has 0 aliphatic rings. The molecule has 0 aliphatic heterocycles. The van der Waals surface area contributed by atoms with Crippen molar-refractivity contribution in [2.24, 2.45) is 0 Å². The van der Waals surface area contributed by atoms with Crippen LogP contribution in [0.4, 0.5) is 5.82 Å². The van der Waals surface area contributed by atoms with E-state index in [0.717, 1.165) is 16.7 Å². The molecule has 0 saturated heterocycles. The van der Waals surface area contributed by atoms with Gasteiger partial charge in [-0.1, -0.05) is 44.2 Å². The Kier molecular flexibility index (Phi) is 3.57. The number of aromatic nitrogens is 2. The topological polar surface area (TPSA) is 64.9 Å². The van der Waals surface area contributed by atoms with Gasteiger partial charge in [0.2, 0.25) is 5.71 Å². The average molecular weight is 241 g/mol. The Labute approximate surface area is 105 Å². The Morgan fingerprint density at radius 1 is 1.06 bits per heavy atom. The lowest BCUT2D eigenvalue weighted by Crippen LogP contribution is -1.89. The van der Waals surface area contributed by atoms with Gasteiger partial charge in [0.15, 0.2) is 0 Å². The van der Waals surface area contributed by atoms with E-state index in [-0.39, 0.29) is 0 Å². The lowest BCUT2D eigenvalue weighted by Gasteiger charge is -1.92. The van der Waals surface area contributed by atoms with E-state index in [1.54, 1.807) is 0 Å². The van der Waals surface area contributed by atoms with Crippen molar-refractivity contribution in [3.63, 3.8) is 0 Å². The molecule has 2 N–H and O–H groups in total. The molecule has 0 fully saturated rings. The largest absolute Gasteiger partial charge is 0.438 e. The molecule has 92 valence electrons. The van der Waals surface area contributed by atoms with Gasteiger partial charge in [0.05, 0.1) is 5.39 Å². The standard InChI is InChI=1S/C12H9N3O.C2H6/c13-11-9-6-10(8-4-2-1-3-5-8)16-12(9)15-7-14-11;1-2/h1-7H,(H2,13,14,15);1-2H3. The van der Waals surface area contributed by atoms with Gasteiger partial charge in [0.1, 0.15) is 17.9 Å². The van der Waals surface area contributed by atoms with Crippen molar-refractivity contribution in [1.29, 1.82) is 0 Å². The predicted molar refractivity (Wildman–Crippen MR) is 73.0 cm³/mol. The van der Waals surface area contributed by atoms with E-state index in [4.69, 9.17) is 10.2 Å². The number of nitrogen functional groups attached to an aromatic ring is 1. The van der Waals surface area contributed by atoms with Crippen molar-refractivity contribution in [1.82, 2.24) is 9.97 Å². The highest BCUT2D eigenvalue weighted by Gasteiger charge is 2.09. The second kappa shape index (κ2) is 5.31. The van der Waals surface area contributed by atoms with Crippen LogP contribution in [0.2, 0.25) is 0 Å². The van der Waals surface area contributed by atoms with E-state index in [1.165, 1.54) is 6.33 Å². The Morgan fingerprint density at radius 2 is 1.78 bits per heavy atom. The number of rotatable bonds is 1. The van der Waals surface area contributed by atoms with E-state index < -0.39 is 0 Å². The van der Waals surface area contributed by atoms with Gasteiger partial charge in [0, 0.05) is 5.56 Å². The maximum atomic E-state index is 5.74. The summed E-state index contributed by atoms with van der Waals surface area (Å²) in [5.74, 6) is 1.19. The number of fused-ring (bicyclic) bond motifs is 1. The summed E-state index contributed by atoms with van der Waals surface area (Å²) in [5, 5.41) is 0.751. The zero-order valence-electron chi connectivity index (χ0n) is 10.4. The monoisotopic (exact) mass is 241 g/mol. The SMILES string of the molecule is CC.Nc1ncnc2oc(-c3ccccc3)cc12. The summed E-state index contributed by atoms with van der Waals surface area (Å²) in [6.45, 7) is 4.00. The summed E-state index contributed by atoms with van der Waals surface area (Å²) >= 11 is 0. The zero-order valence-corrected chi connectivity index (χ0v) is 10.4. The lowest BCUT2D eigenvalue weighted by molar-refractivity contribution is 0.617. The van der Waals surface area contributed by atoms with Gasteiger partial charge in [-0.3, -0.25) is 0 Å². The van der Waals surface area contributed by atoms with Gasteiger partial charge in [-0.25, -0.2) is 9.97 Å². The quantitative estimate of drug-likeness (QED) is 0.708. The van der Waals surface area contributed by atoms with Crippen molar-refractivity contribution in [3.8, 4) is 11.3 Å². The summed E-state index contributed by atoms with van der Waals surface area (Å²) in [5.41, 5.74) is 7.26. The summed E-state index contributed by atoms with van der Waals surface area (Å²) in [7, 11) is 0. The number of nitrogens with zero attached hydrogens (tertiary/aromatic N) is 2. The van der Waals surface area contributed by atoms with E-state index in [1.807, 2.05) is 50.2 Å². The maximum Gasteiger partial charge on any atom is 0.231 e. The number of hydrogen-bond donors (Lipinski definition) is 1. The van der Waals surface area contributed by atoms with E-state index in [2.05, 4.69) is 9.97 Å². The first kappa shape index (κ1) is 12.1. The van der Waals surface area contributed by atoms with Crippen LogP contribution in [0.15, 0.2) is 47.1 Å². The predicted octanol–water partition coefficient (Wildman–Crippen LogP) is 3.50. The molecule has 2 heterocycles. The molecule has 0 bridgehead atoms. The highest BCUT2D eigenvalue weighted by atomic mass is 16.3. The van der Waals surface area contributed by atoms with Crippen molar-refractivity contribution in [2.75, 3.05) is 5.73 Å². The van der Waals surface area contributed by atoms with E-state index >= 15 is 0 Å². The normalized spacial score (nSPS) is 9.89. The van der Waals surface area contributed by atoms with Crippen molar-refractivity contribution < 1.29 is 4.42 Å². The fraction of sp³-hybridized carbons (Fsp3) is 0.143. The summed E-state index contributed by atoms with van der Waals surface area (Å²) in [6, 6.07) is 11.7. The number of benzene rings is 1. The third-order valence-corrected chi connectivity index (χ3v) is 2.42. The van der Waals surface area contributed by atoms with Gasteiger partial charge in [-0.05, 0) is 6.07 Å². The summed E-state index contributed by atoms with van der Waals surface area (Å²) in [6.07, 6.45) is 1.40. The molecule has 3 aromatic rings. The molecule has 18 heavy (non-hydrogen) atoms. The van der Waals surface area contributed by atoms with Crippen LogP contribution >= 0.6 is 0 Å². The number of nitrogens with two attached hydrogens (primary N) is 1. The average Bonchev–Trinajstić information content (AvgIpc) is 2.88. The number of anilines is 1. The molecular formula is C14H15N3O. The minimum absolute atomic E-state index is 0.441. The Balaban J connectivity index is 0.000000574. The van der Waals surface area contributed by atoms with Crippen LogP contribution in [0.25, 0.3) is 22.4 Å². The molecule has 0 unspecified atom stereocenters. The minimum atomic E-state index is 0.441. The van der Waals surface area contributed by atoms with Crippen LogP contribution < -0.4 is 5.73 Å². The van der Waals surface area contributed by atoms with Crippen molar-refractivity contribution in [3.05, 3.63) is 42.7 Å². The third-order valence-electron chi connectivity index (χ3n) is 2.42. The summed E-state index contributed by atoms with van der Waals surface area (Å²) < 4.78 is 5.60. The first-order valence-electron chi connectivity index (χ1n) is 5.90. The Morgan fingerprint density at radius 3 is 2.44 bits per heavy atom. The highest BCUT2D eigenvalue weighted by Crippen LogP contribution is 2.28. The molecule has 0 aliphatic carbocycles. The highest BCUT2D eigenvalue weighted by molar-refractivity contribution is 5.88. The first-order valence-corrected chi connectivity index (χ1v) is 5.90. The second-order valence-corrected chi connectivity index (χ2v) is 3.45. The molecule has 1 aromatic carbocycles. The molecular weight excluding hydrogens is 226 g/mol. The zero-order chi connectivity index (χ0) is 13.0. The maximum absolute atomic E-state index is 5.74. The van der Waals surface area contributed by atoms with Crippen molar-refractivity contribution in [2.45, 2.75) is 13.8 Å². The molecule has 0 spiro atoms. The van der Waals surface area contributed by atoms with Crippen LogP contribution in [-0.2, 0) is 0 Å². The lowest BCUT2D eigenvalue weighted by atomic mass is 10.2. The molecule has 4 heteroatoms. The van der Waals surface area contributed by atoms with Crippen molar-refractivity contribution >= 4 is 16.9 Å². The second-order valence-electron chi connectivity index (χ2n) is 3.45. The number of furan rings is 1. The van der Waals surface area contributed by atoms with Gasteiger partial charge in [-0.2, -0.15) is 0 Å².